The maximum atomic E-state index is 13.6. The minimum atomic E-state index is -3.94. The second-order valence-electron chi connectivity index (χ2n) is 11.8. The Kier molecular flexibility index (Phi) is 7.56. The third-order valence-electron chi connectivity index (χ3n) is 8.54. The Morgan fingerprint density at radius 2 is 1.87 bits per heavy atom. The number of nitrogens with zero attached hydrogens (tertiary/aromatic N) is 1. The Labute approximate surface area is 222 Å². The van der Waals surface area contributed by atoms with Gasteiger partial charge in [-0.2, -0.15) is 0 Å². The summed E-state index contributed by atoms with van der Waals surface area (Å²) in [5, 5.41) is 24.8. The molecule has 0 radical (unpaired) electrons. The van der Waals surface area contributed by atoms with E-state index in [-0.39, 0.29) is 31.2 Å². The average Bonchev–Trinajstić information content (AvgIpc) is 3.70. The standard InChI is InChI=1S/C25H38N4O8S/c1-14-6-4-5-7-16-12-25(16,22(33)28-38(36,37)24(3)8-9-24)27-20(31)18-11-17(30)13-29(18)21(32)19(15(2)10-14)26-23(34)35/h5,7,14-19,26,30H,4,6,8-13H2,1-3H3,(H,27,31)(H,28,33)(H,34,35)/t14-,15-,16-,17-,18+,19+,25-/m1/s1. The molecule has 4 rings (SSSR count). The van der Waals surface area contributed by atoms with E-state index in [4.69, 9.17) is 0 Å². The molecule has 12 nitrogen and oxygen atoms in total. The number of allylic oxidation sites excluding steroid dienone is 1. The second kappa shape index (κ2) is 10.1. The second-order valence-corrected chi connectivity index (χ2v) is 14.0. The van der Waals surface area contributed by atoms with Crippen LogP contribution in [0.3, 0.4) is 0 Å². The maximum absolute atomic E-state index is 13.6. The molecule has 2 aliphatic carbocycles. The first-order chi connectivity index (χ1) is 17.7. The van der Waals surface area contributed by atoms with Crippen molar-refractivity contribution >= 4 is 33.8 Å². The molecule has 7 atom stereocenters. The van der Waals surface area contributed by atoms with E-state index in [1.807, 2.05) is 19.1 Å². The van der Waals surface area contributed by atoms with Gasteiger partial charge in [-0.25, -0.2) is 13.2 Å². The van der Waals surface area contributed by atoms with Crippen LogP contribution < -0.4 is 15.4 Å². The Morgan fingerprint density at radius 3 is 2.50 bits per heavy atom. The van der Waals surface area contributed by atoms with Gasteiger partial charge in [0.05, 0.1) is 10.9 Å². The van der Waals surface area contributed by atoms with Crippen LogP contribution in [0.2, 0.25) is 0 Å². The third-order valence-corrected chi connectivity index (χ3v) is 10.7. The number of hydrogen-bond donors (Lipinski definition) is 5. The zero-order chi connectivity index (χ0) is 28.0. The number of aliphatic hydroxyl groups excluding tert-OH is 1. The quantitative estimate of drug-likeness (QED) is 0.311. The number of aliphatic hydroxyl groups is 1. The Bertz CT molecular complexity index is 1140. The predicted octanol–water partition coefficient (Wildman–Crippen LogP) is 0.470. The lowest BCUT2D eigenvalue weighted by molar-refractivity contribution is -0.142. The Hall–Kier alpha value is -2.67. The molecule has 38 heavy (non-hydrogen) atoms. The zero-order valence-electron chi connectivity index (χ0n) is 22.0. The molecule has 0 aromatic heterocycles. The van der Waals surface area contributed by atoms with Crippen molar-refractivity contribution in [3.05, 3.63) is 12.2 Å². The molecule has 0 aromatic carbocycles. The minimum Gasteiger partial charge on any atom is -0.465 e. The molecule has 4 aliphatic rings. The van der Waals surface area contributed by atoms with Gasteiger partial charge in [0.15, 0.2) is 0 Å². The van der Waals surface area contributed by atoms with E-state index < -0.39 is 68.2 Å². The van der Waals surface area contributed by atoms with E-state index in [2.05, 4.69) is 15.4 Å². The molecule has 0 spiro atoms. The fourth-order valence-corrected chi connectivity index (χ4v) is 6.97. The molecule has 2 aliphatic heterocycles. The highest BCUT2D eigenvalue weighted by Crippen LogP contribution is 2.47. The van der Waals surface area contributed by atoms with Crippen molar-refractivity contribution in [3.63, 3.8) is 0 Å². The molecule has 212 valence electrons. The number of hydrogen-bond acceptors (Lipinski definition) is 7. The molecular formula is C25H38N4O8S. The first kappa shape index (κ1) is 28.3. The SMILES string of the molecule is C[C@@H]1CCC=C[C@@H]2C[C@@]2(C(=O)NS(=O)(=O)C2(C)CC2)NC(=O)[C@@H]2C[C@@H](O)CN2C(=O)[C@@H](NC(=O)O)[C@H](C)C1. The monoisotopic (exact) mass is 554 g/mol. The van der Waals surface area contributed by atoms with Gasteiger partial charge >= 0.3 is 6.09 Å². The van der Waals surface area contributed by atoms with Gasteiger partial charge in [0.2, 0.25) is 21.8 Å². The molecular weight excluding hydrogens is 516 g/mol. The van der Waals surface area contributed by atoms with Gasteiger partial charge in [-0.15, -0.1) is 0 Å². The van der Waals surface area contributed by atoms with E-state index in [1.165, 1.54) is 4.90 Å². The number of carboxylic acid groups (broad SMARTS) is 1. The lowest BCUT2D eigenvalue weighted by atomic mass is 9.88. The summed E-state index contributed by atoms with van der Waals surface area (Å²) in [6, 6.07) is -2.26. The summed E-state index contributed by atoms with van der Waals surface area (Å²) in [6.07, 6.45) is 4.33. The molecule has 0 unspecified atom stereocenters. The van der Waals surface area contributed by atoms with Crippen LogP contribution in [0.25, 0.3) is 0 Å². The summed E-state index contributed by atoms with van der Waals surface area (Å²) in [6.45, 7) is 5.19. The molecule has 5 N–H and O–H groups in total. The van der Waals surface area contributed by atoms with Crippen LogP contribution in [0.1, 0.15) is 65.7 Å². The van der Waals surface area contributed by atoms with Gasteiger partial charge in [0.25, 0.3) is 5.91 Å². The number of rotatable bonds is 4. The third kappa shape index (κ3) is 5.54. The number of sulfonamides is 1. The van der Waals surface area contributed by atoms with Crippen LogP contribution in [-0.2, 0) is 24.4 Å². The van der Waals surface area contributed by atoms with Crippen LogP contribution in [0.5, 0.6) is 0 Å². The lowest BCUT2D eigenvalue weighted by Crippen LogP contribution is -2.59. The summed E-state index contributed by atoms with van der Waals surface area (Å²) >= 11 is 0. The van der Waals surface area contributed by atoms with E-state index in [0.717, 1.165) is 6.42 Å². The first-order valence-electron chi connectivity index (χ1n) is 13.2. The fraction of sp³-hybridized carbons (Fsp3) is 0.760. The Morgan fingerprint density at radius 1 is 1.18 bits per heavy atom. The number of amides is 4. The van der Waals surface area contributed by atoms with Crippen LogP contribution in [0.4, 0.5) is 4.79 Å². The van der Waals surface area contributed by atoms with Gasteiger partial charge in [0.1, 0.15) is 17.6 Å². The summed E-state index contributed by atoms with van der Waals surface area (Å²) in [5.74, 6) is -2.77. The highest BCUT2D eigenvalue weighted by atomic mass is 32.2. The van der Waals surface area contributed by atoms with Crippen molar-refractivity contribution in [3.8, 4) is 0 Å². The van der Waals surface area contributed by atoms with Crippen molar-refractivity contribution in [2.24, 2.45) is 17.8 Å². The zero-order valence-corrected chi connectivity index (χ0v) is 22.8. The molecule has 0 bridgehead atoms. The average molecular weight is 555 g/mol. The predicted molar refractivity (Wildman–Crippen MR) is 136 cm³/mol. The smallest absolute Gasteiger partial charge is 0.405 e. The van der Waals surface area contributed by atoms with E-state index in [1.54, 1.807) is 13.8 Å². The summed E-state index contributed by atoms with van der Waals surface area (Å²) in [4.78, 5) is 53.1. The van der Waals surface area contributed by atoms with Crippen molar-refractivity contribution in [2.75, 3.05) is 6.54 Å². The van der Waals surface area contributed by atoms with Gasteiger partial charge < -0.3 is 25.7 Å². The van der Waals surface area contributed by atoms with Crippen molar-refractivity contribution < 1.29 is 37.8 Å². The molecule has 1 saturated heterocycles. The molecule has 2 saturated carbocycles. The largest absolute Gasteiger partial charge is 0.465 e. The van der Waals surface area contributed by atoms with Crippen LogP contribution in [-0.4, -0.2) is 82.4 Å². The molecule has 4 amide bonds. The highest BCUT2D eigenvalue weighted by Gasteiger charge is 2.63. The molecule has 3 fully saturated rings. The van der Waals surface area contributed by atoms with Gasteiger partial charge in [0, 0.05) is 18.9 Å². The molecule has 0 aromatic rings. The minimum absolute atomic E-state index is 0.0866. The normalized spacial score (nSPS) is 37.1. The number of nitrogens with one attached hydrogen (secondary N) is 3. The van der Waals surface area contributed by atoms with E-state index in [0.29, 0.717) is 25.7 Å². The maximum Gasteiger partial charge on any atom is 0.405 e. The van der Waals surface area contributed by atoms with Crippen LogP contribution in [0, 0.1) is 17.8 Å². The molecule has 2 heterocycles. The topological polar surface area (TPSA) is 182 Å². The van der Waals surface area contributed by atoms with E-state index in [9.17, 15) is 37.8 Å². The van der Waals surface area contributed by atoms with Crippen LogP contribution >= 0.6 is 0 Å². The number of carbonyl (C=O) groups is 4. The lowest BCUT2D eigenvalue weighted by Gasteiger charge is -2.32. The molecule has 13 heteroatoms. The number of carbonyl (C=O) groups excluding carboxylic acids is 3. The van der Waals surface area contributed by atoms with Gasteiger partial charge in [-0.3, -0.25) is 19.1 Å². The first-order valence-corrected chi connectivity index (χ1v) is 14.7. The fourth-order valence-electron chi connectivity index (χ4n) is 5.66. The Balaban J connectivity index is 1.64. The van der Waals surface area contributed by atoms with Crippen molar-refractivity contribution in [1.82, 2.24) is 20.3 Å². The summed E-state index contributed by atoms with van der Waals surface area (Å²) in [5.41, 5.74) is -1.49. The summed E-state index contributed by atoms with van der Waals surface area (Å²) < 4.78 is 26.7. The van der Waals surface area contributed by atoms with Crippen molar-refractivity contribution in [1.29, 1.82) is 0 Å². The summed E-state index contributed by atoms with van der Waals surface area (Å²) in [7, 11) is -3.94. The van der Waals surface area contributed by atoms with Crippen LogP contribution in [0.15, 0.2) is 12.2 Å². The van der Waals surface area contributed by atoms with Gasteiger partial charge in [-0.05, 0) is 57.3 Å². The van der Waals surface area contributed by atoms with Crippen molar-refractivity contribution in [2.45, 2.75) is 94.2 Å². The number of fused-ring (bicyclic) bond motifs is 2. The van der Waals surface area contributed by atoms with E-state index >= 15 is 0 Å². The highest BCUT2D eigenvalue weighted by molar-refractivity contribution is 7.91. The van der Waals surface area contributed by atoms with Gasteiger partial charge in [-0.1, -0.05) is 26.0 Å².